The van der Waals surface area contributed by atoms with Crippen LogP contribution in [0, 0.1) is 13.8 Å². The number of carbonyl (C=O) groups is 1. The van der Waals surface area contributed by atoms with Crippen LogP contribution in [0.5, 0.6) is 0 Å². The third-order valence-corrected chi connectivity index (χ3v) is 3.67. The highest BCUT2D eigenvalue weighted by atomic mass is 35.5. The maximum Gasteiger partial charge on any atom is 0.319 e. The second-order valence-corrected chi connectivity index (χ2v) is 5.80. The molecule has 118 valence electrons. The zero-order chi connectivity index (χ0) is 16.3. The van der Waals surface area contributed by atoms with Crippen LogP contribution in [-0.2, 0) is 5.60 Å². The summed E-state index contributed by atoms with van der Waals surface area (Å²) in [7, 11) is 0. The molecule has 5 nitrogen and oxygen atoms in total. The smallest absolute Gasteiger partial charge is 0.319 e. The molecule has 1 aromatic heterocycles. The molecule has 2 amide bonds. The first-order valence-electron chi connectivity index (χ1n) is 6.89. The Bertz CT molecular complexity index is 680. The van der Waals surface area contributed by atoms with Gasteiger partial charge in [-0.1, -0.05) is 23.7 Å². The van der Waals surface area contributed by atoms with E-state index in [1.165, 1.54) is 0 Å². The molecule has 1 heterocycles. The van der Waals surface area contributed by atoms with E-state index in [0.717, 1.165) is 0 Å². The van der Waals surface area contributed by atoms with E-state index in [2.05, 4.69) is 10.6 Å². The molecule has 6 heteroatoms. The minimum atomic E-state index is -1.22. The van der Waals surface area contributed by atoms with Gasteiger partial charge in [0.05, 0.1) is 17.3 Å². The van der Waals surface area contributed by atoms with E-state index < -0.39 is 11.6 Å². The van der Waals surface area contributed by atoms with Crippen molar-refractivity contribution in [3.63, 3.8) is 0 Å². The molecule has 0 saturated heterocycles. The number of urea groups is 1. The van der Waals surface area contributed by atoms with Gasteiger partial charge in [0.2, 0.25) is 0 Å². The summed E-state index contributed by atoms with van der Waals surface area (Å²) in [6.07, 6.45) is 0. The van der Waals surface area contributed by atoms with Gasteiger partial charge < -0.3 is 20.2 Å². The molecule has 0 fully saturated rings. The fourth-order valence-electron chi connectivity index (χ4n) is 2.24. The molecule has 2 aromatic rings. The molecule has 1 unspecified atom stereocenters. The Morgan fingerprint density at radius 3 is 2.64 bits per heavy atom. The first-order chi connectivity index (χ1) is 10.3. The van der Waals surface area contributed by atoms with Gasteiger partial charge in [-0.05, 0) is 39.0 Å². The van der Waals surface area contributed by atoms with Crippen LogP contribution in [0.15, 0.2) is 34.7 Å². The zero-order valence-corrected chi connectivity index (χ0v) is 13.5. The molecule has 0 spiro atoms. The number of hydrogen-bond donors (Lipinski definition) is 3. The van der Waals surface area contributed by atoms with Crippen LogP contribution in [0.4, 0.5) is 10.5 Å². The summed E-state index contributed by atoms with van der Waals surface area (Å²) in [5.41, 5.74) is -0.0562. The van der Waals surface area contributed by atoms with Crippen LogP contribution >= 0.6 is 11.6 Å². The quantitative estimate of drug-likeness (QED) is 0.805. The van der Waals surface area contributed by atoms with Gasteiger partial charge in [0, 0.05) is 5.56 Å². The lowest BCUT2D eigenvalue weighted by atomic mass is 9.96. The lowest BCUT2D eigenvalue weighted by molar-refractivity contribution is 0.0584. The van der Waals surface area contributed by atoms with Gasteiger partial charge in [0.1, 0.15) is 17.1 Å². The fraction of sp³-hybridized carbons (Fsp3) is 0.312. The summed E-state index contributed by atoms with van der Waals surface area (Å²) in [6.45, 7) is 5.26. The molecule has 1 atom stereocenters. The summed E-state index contributed by atoms with van der Waals surface area (Å²) in [5.74, 6) is 1.35. The third-order valence-electron chi connectivity index (χ3n) is 3.34. The highest BCUT2D eigenvalue weighted by Gasteiger charge is 2.28. The van der Waals surface area contributed by atoms with E-state index in [1.54, 1.807) is 44.2 Å². The molecule has 1 aromatic carbocycles. The number of halogens is 1. The van der Waals surface area contributed by atoms with E-state index in [-0.39, 0.29) is 6.54 Å². The van der Waals surface area contributed by atoms with Crippen molar-refractivity contribution in [2.75, 3.05) is 11.9 Å². The van der Waals surface area contributed by atoms with Crippen LogP contribution < -0.4 is 10.6 Å². The van der Waals surface area contributed by atoms with E-state index in [0.29, 0.717) is 27.8 Å². The maximum atomic E-state index is 11.9. The molecule has 0 aliphatic rings. The van der Waals surface area contributed by atoms with Crippen LogP contribution in [0.25, 0.3) is 0 Å². The monoisotopic (exact) mass is 322 g/mol. The Balaban J connectivity index is 1.98. The minimum Gasteiger partial charge on any atom is -0.466 e. The van der Waals surface area contributed by atoms with Gasteiger partial charge in [0.15, 0.2) is 0 Å². The lowest BCUT2D eigenvalue weighted by Crippen LogP contribution is -2.40. The second-order valence-electron chi connectivity index (χ2n) is 5.39. The van der Waals surface area contributed by atoms with E-state index in [9.17, 15) is 9.90 Å². The Morgan fingerprint density at radius 2 is 2.05 bits per heavy atom. The van der Waals surface area contributed by atoms with E-state index in [4.69, 9.17) is 16.0 Å². The van der Waals surface area contributed by atoms with Crippen LogP contribution in [0.3, 0.4) is 0 Å². The van der Waals surface area contributed by atoms with Gasteiger partial charge in [-0.2, -0.15) is 0 Å². The Hall–Kier alpha value is -1.98. The van der Waals surface area contributed by atoms with Gasteiger partial charge >= 0.3 is 6.03 Å². The van der Waals surface area contributed by atoms with Crippen molar-refractivity contribution in [3.8, 4) is 0 Å². The Morgan fingerprint density at radius 1 is 1.36 bits per heavy atom. The predicted molar refractivity (Wildman–Crippen MR) is 86.2 cm³/mol. The highest BCUT2D eigenvalue weighted by molar-refractivity contribution is 6.33. The second kappa shape index (κ2) is 6.42. The average molecular weight is 323 g/mol. The summed E-state index contributed by atoms with van der Waals surface area (Å²) >= 11 is 5.97. The van der Waals surface area contributed by atoms with Gasteiger partial charge in [-0.3, -0.25) is 0 Å². The van der Waals surface area contributed by atoms with Crippen molar-refractivity contribution < 1.29 is 14.3 Å². The van der Waals surface area contributed by atoms with Crippen LogP contribution in [0.2, 0.25) is 5.02 Å². The molecule has 2 rings (SSSR count). The summed E-state index contributed by atoms with van der Waals surface area (Å²) in [4.78, 5) is 11.9. The molecular weight excluding hydrogens is 304 g/mol. The molecule has 3 N–H and O–H groups in total. The number of para-hydroxylation sites is 1. The van der Waals surface area contributed by atoms with Crippen molar-refractivity contribution >= 4 is 23.3 Å². The molecule has 0 aliphatic heterocycles. The number of benzene rings is 1. The van der Waals surface area contributed by atoms with Gasteiger partial charge in [0.25, 0.3) is 0 Å². The SMILES string of the molecule is Cc1cc(C(C)(O)CNC(=O)Nc2ccccc2Cl)c(C)o1. The summed E-state index contributed by atoms with van der Waals surface area (Å²) in [6, 6.07) is 8.26. The van der Waals surface area contributed by atoms with Crippen molar-refractivity contribution in [2.24, 2.45) is 0 Å². The number of anilines is 1. The third kappa shape index (κ3) is 3.81. The zero-order valence-electron chi connectivity index (χ0n) is 12.7. The Labute approximate surface area is 134 Å². The van der Waals surface area contributed by atoms with Crippen molar-refractivity contribution in [1.82, 2.24) is 5.32 Å². The number of amides is 2. The van der Waals surface area contributed by atoms with Gasteiger partial charge in [-0.25, -0.2) is 4.79 Å². The molecule has 0 saturated carbocycles. The maximum absolute atomic E-state index is 11.9. The van der Waals surface area contributed by atoms with Crippen LogP contribution in [-0.4, -0.2) is 17.7 Å². The minimum absolute atomic E-state index is 0.0447. The fourth-order valence-corrected chi connectivity index (χ4v) is 2.43. The lowest BCUT2D eigenvalue weighted by Gasteiger charge is -2.23. The largest absolute Gasteiger partial charge is 0.466 e. The molecule has 22 heavy (non-hydrogen) atoms. The number of rotatable bonds is 4. The number of furan rings is 1. The van der Waals surface area contributed by atoms with E-state index >= 15 is 0 Å². The molecule has 0 radical (unpaired) electrons. The first kappa shape index (κ1) is 16.4. The number of carbonyl (C=O) groups excluding carboxylic acids is 1. The van der Waals surface area contributed by atoms with Crippen molar-refractivity contribution in [3.05, 3.63) is 52.4 Å². The molecule has 0 bridgehead atoms. The first-order valence-corrected chi connectivity index (χ1v) is 7.26. The highest BCUT2D eigenvalue weighted by Crippen LogP contribution is 2.26. The number of aliphatic hydroxyl groups is 1. The van der Waals surface area contributed by atoms with Crippen molar-refractivity contribution in [1.29, 1.82) is 0 Å². The molecule has 0 aliphatic carbocycles. The van der Waals surface area contributed by atoms with Gasteiger partial charge in [-0.15, -0.1) is 0 Å². The molecular formula is C16H19ClN2O3. The van der Waals surface area contributed by atoms with E-state index in [1.807, 2.05) is 6.92 Å². The predicted octanol–water partition coefficient (Wildman–Crippen LogP) is 3.58. The summed E-state index contributed by atoms with van der Waals surface area (Å²) < 4.78 is 5.41. The normalized spacial score (nSPS) is 13.5. The van der Waals surface area contributed by atoms with Crippen molar-refractivity contribution in [2.45, 2.75) is 26.4 Å². The van der Waals surface area contributed by atoms with Crippen LogP contribution in [0.1, 0.15) is 24.0 Å². The number of hydrogen-bond acceptors (Lipinski definition) is 3. The topological polar surface area (TPSA) is 74.5 Å². The Kier molecular flexibility index (Phi) is 4.78. The number of nitrogens with one attached hydrogen (secondary N) is 2. The standard InChI is InChI=1S/C16H19ClN2O3/c1-10-8-12(11(2)22-10)16(3,21)9-18-15(20)19-14-7-5-4-6-13(14)17/h4-8,21H,9H2,1-3H3,(H2,18,19,20). The number of aryl methyl sites for hydroxylation is 2. The average Bonchev–Trinajstić information content (AvgIpc) is 2.79. The summed E-state index contributed by atoms with van der Waals surface area (Å²) in [5, 5.41) is 16.2.